The molecule has 6 rings (SSSR count). The summed E-state index contributed by atoms with van der Waals surface area (Å²) in [7, 11) is 0. The average Bonchev–Trinajstić information content (AvgIpc) is 3.42. The molecule has 32 heavy (non-hydrogen) atoms. The molecule has 0 spiro atoms. The van der Waals surface area contributed by atoms with Crippen LogP contribution in [0.15, 0.2) is 42.9 Å². The van der Waals surface area contributed by atoms with Crippen molar-refractivity contribution in [2.24, 2.45) is 0 Å². The lowest BCUT2D eigenvalue weighted by Gasteiger charge is -2.27. The molecule has 5 aromatic rings. The standard InChI is InChI=1S/C23H21FN8/c24-17-10-19-16(9-15(17)13-8-14(25)12-26-11-13)20(31-30-19)22-28-18-4-5-27-23(21(18)29-22)32-6-2-1-3-7-32/h4-5,8-12H,1-3,6-7,25H2,(H,28,29)(H,30,31). The third-order valence-electron chi connectivity index (χ3n) is 5.98. The van der Waals surface area contributed by atoms with E-state index in [4.69, 9.17) is 10.7 Å². The molecule has 0 radical (unpaired) electrons. The second-order valence-corrected chi connectivity index (χ2v) is 8.12. The van der Waals surface area contributed by atoms with Crippen LogP contribution in [0.3, 0.4) is 0 Å². The number of halogens is 1. The van der Waals surface area contributed by atoms with Gasteiger partial charge >= 0.3 is 0 Å². The van der Waals surface area contributed by atoms with E-state index in [0.29, 0.717) is 33.8 Å². The first-order valence-electron chi connectivity index (χ1n) is 10.7. The molecule has 1 aliphatic heterocycles. The predicted octanol–water partition coefficient (Wildman–Crippen LogP) is 4.27. The first-order valence-corrected chi connectivity index (χ1v) is 10.7. The number of anilines is 2. The maximum absolute atomic E-state index is 14.8. The van der Waals surface area contributed by atoms with Crippen molar-refractivity contribution in [3.63, 3.8) is 0 Å². The summed E-state index contributed by atoms with van der Waals surface area (Å²) in [5, 5.41) is 8.12. The summed E-state index contributed by atoms with van der Waals surface area (Å²) < 4.78 is 14.8. The van der Waals surface area contributed by atoms with Crippen molar-refractivity contribution < 1.29 is 4.39 Å². The van der Waals surface area contributed by atoms with E-state index in [1.54, 1.807) is 24.5 Å². The predicted molar refractivity (Wildman–Crippen MR) is 123 cm³/mol. The van der Waals surface area contributed by atoms with Crippen molar-refractivity contribution in [3.05, 3.63) is 48.7 Å². The fraction of sp³-hybridized carbons (Fsp3) is 0.217. The Labute approximate surface area is 182 Å². The Morgan fingerprint density at radius 2 is 1.91 bits per heavy atom. The lowest BCUT2D eigenvalue weighted by atomic mass is 10.0. The zero-order valence-electron chi connectivity index (χ0n) is 17.3. The molecule has 4 aromatic heterocycles. The number of nitrogens with zero attached hydrogens (tertiary/aromatic N) is 5. The maximum atomic E-state index is 14.8. The number of imidazole rings is 1. The molecular formula is C23H21FN8. The zero-order valence-corrected chi connectivity index (χ0v) is 17.3. The SMILES string of the molecule is Nc1cncc(-c2cc3c(-c4nc5c(N6CCCCC6)nccc5[nH]4)n[nH]c3cc2F)c1. The summed E-state index contributed by atoms with van der Waals surface area (Å²) in [5.74, 6) is 1.13. The monoisotopic (exact) mass is 428 g/mol. The number of aromatic amines is 2. The van der Waals surface area contributed by atoms with Gasteiger partial charge in [0, 0.05) is 54.3 Å². The Kier molecular flexibility index (Phi) is 4.27. The van der Waals surface area contributed by atoms with Crippen molar-refractivity contribution in [1.82, 2.24) is 30.1 Å². The molecule has 1 saturated heterocycles. The van der Waals surface area contributed by atoms with Gasteiger partial charge in [-0.2, -0.15) is 5.10 Å². The second kappa shape index (κ2) is 7.30. The summed E-state index contributed by atoms with van der Waals surface area (Å²) in [6, 6.07) is 6.82. The lowest BCUT2D eigenvalue weighted by molar-refractivity contribution is 0.574. The van der Waals surface area contributed by atoms with Gasteiger partial charge in [0.2, 0.25) is 0 Å². The van der Waals surface area contributed by atoms with Gasteiger partial charge in [-0.25, -0.2) is 14.4 Å². The molecule has 0 aliphatic carbocycles. The van der Waals surface area contributed by atoms with Crippen molar-refractivity contribution in [1.29, 1.82) is 0 Å². The number of aromatic nitrogens is 6. The largest absolute Gasteiger partial charge is 0.397 e. The third kappa shape index (κ3) is 3.05. The van der Waals surface area contributed by atoms with Crippen LogP contribution in [0.25, 0.3) is 44.6 Å². The fourth-order valence-corrected chi connectivity index (χ4v) is 4.42. The van der Waals surface area contributed by atoms with Crippen LogP contribution in [0.4, 0.5) is 15.9 Å². The van der Waals surface area contributed by atoms with Crippen molar-refractivity contribution in [2.75, 3.05) is 23.7 Å². The van der Waals surface area contributed by atoms with E-state index in [1.807, 2.05) is 6.07 Å². The van der Waals surface area contributed by atoms with Crippen LogP contribution in [-0.4, -0.2) is 43.2 Å². The van der Waals surface area contributed by atoms with Gasteiger partial charge in [0.25, 0.3) is 0 Å². The lowest BCUT2D eigenvalue weighted by Crippen LogP contribution is -2.30. The first-order chi connectivity index (χ1) is 15.7. The van der Waals surface area contributed by atoms with E-state index >= 15 is 0 Å². The minimum absolute atomic E-state index is 0.374. The number of nitrogen functional groups attached to an aromatic ring is 1. The van der Waals surface area contributed by atoms with E-state index in [-0.39, 0.29) is 5.82 Å². The van der Waals surface area contributed by atoms with Crippen LogP contribution in [0.5, 0.6) is 0 Å². The number of pyridine rings is 2. The number of fused-ring (bicyclic) bond motifs is 2. The Morgan fingerprint density at radius 1 is 1.03 bits per heavy atom. The number of nitrogens with one attached hydrogen (secondary N) is 2. The molecule has 0 unspecified atom stereocenters. The number of piperidine rings is 1. The van der Waals surface area contributed by atoms with Gasteiger partial charge in [-0.15, -0.1) is 0 Å². The Hall–Kier alpha value is -4.01. The van der Waals surface area contributed by atoms with Crippen LogP contribution in [-0.2, 0) is 0 Å². The van der Waals surface area contributed by atoms with Gasteiger partial charge in [-0.3, -0.25) is 10.1 Å². The minimum Gasteiger partial charge on any atom is -0.397 e. The molecule has 0 bridgehead atoms. The van der Waals surface area contributed by atoms with Gasteiger partial charge in [-0.05, 0) is 37.5 Å². The number of rotatable bonds is 3. The molecule has 9 heteroatoms. The molecule has 0 amide bonds. The van der Waals surface area contributed by atoms with Crippen molar-refractivity contribution in [2.45, 2.75) is 19.3 Å². The zero-order chi connectivity index (χ0) is 21.7. The highest BCUT2D eigenvalue weighted by atomic mass is 19.1. The third-order valence-corrected chi connectivity index (χ3v) is 5.98. The van der Waals surface area contributed by atoms with Gasteiger partial charge in [0.05, 0.1) is 16.7 Å². The van der Waals surface area contributed by atoms with Gasteiger partial charge in [-0.1, -0.05) is 0 Å². The maximum Gasteiger partial charge on any atom is 0.159 e. The molecule has 160 valence electrons. The van der Waals surface area contributed by atoms with Crippen LogP contribution < -0.4 is 10.6 Å². The number of nitrogens with two attached hydrogens (primary N) is 1. The molecule has 8 nitrogen and oxygen atoms in total. The number of benzene rings is 1. The summed E-state index contributed by atoms with van der Waals surface area (Å²) >= 11 is 0. The van der Waals surface area contributed by atoms with E-state index < -0.39 is 0 Å². The molecule has 4 N–H and O–H groups in total. The highest BCUT2D eigenvalue weighted by Crippen LogP contribution is 2.34. The van der Waals surface area contributed by atoms with E-state index in [2.05, 4.69) is 30.0 Å². The fourth-order valence-electron chi connectivity index (χ4n) is 4.42. The summed E-state index contributed by atoms with van der Waals surface area (Å²) in [6.45, 7) is 1.97. The number of hydrogen-bond donors (Lipinski definition) is 3. The first kappa shape index (κ1) is 18.7. The Morgan fingerprint density at radius 3 is 2.75 bits per heavy atom. The summed E-state index contributed by atoms with van der Waals surface area (Å²) in [5.41, 5.74) is 10.3. The molecule has 1 aromatic carbocycles. The van der Waals surface area contributed by atoms with E-state index in [0.717, 1.165) is 48.2 Å². The van der Waals surface area contributed by atoms with Crippen LogP contribution in [0.1, 0.15) is 19.3 Å². The quantitative estimate of drug-likeness (QED) is 0.395. The Bertz CT molecular complexity index is 1450. The van der Waals surface area contributed by atoms with Gasteiger partial charge < -0.3 is 15.6 Å². The van der Waals surface area contributed by atoms with Gasteiger partial charge in [0.15, 0.2) is 11.6 Å². The molecule has 0 saturated carbocycles. The molecule has 0 atom stereocenters. The summed E-state index contributed by atoms with van der Waals surface area (Å²) in [6.07, 6.45) is 8.50. The Balaban J connectivity index is 1.49. The normalized spacial score (nSPS) is 14.5. The number of hydrogen-bond acceptors (Lipinski definition) is 6. The second-order valence-electron chi connectivity index (χ2n) is 8.12. The van der Waals surface area contributed by atoms with Gasteiger partial charge in [0.1, 0.15) is 17.0 Å². The molecule has 5 heterocycles. The van der Waals surface area contributed by atoms with Crippen LogP contribution in [0.2, 0.25) is 0 Å². The highest BCUT2D eigenvalue weighted by molar-refractivity contribution is 5.97. The highest BCUT2D eigenvalue weighted by Gasteiger charge is 2.20. The smallest absolute Gasteiger partial charge is 0.159 e. The van der Waals surface area contributed by atoms with Crippen LogP contribution >= 0.6 is 0 Å². The molecule has 1 aliphatic rings. The molecular weight excluding hydrogens is 407 g/mol. The minimum atomic E-state index is -0.374. The summed E-state index contributed by atoms with van der Waals surface area (Å²) in [4.78, 5) is 19.2. The van der Waals surface area contributed by atoms with Crippen molar-refractivity contribution in [3.8, 4) is 22.6 Å². The molecule has 1 fully saturated rings. The average molecular weight is 428 g/mol. The van der Waals surface area contributed by atoms with E-state index in [9.17, 15) is 4.39 Å². The topological polar surface area (TPSA) is 112 Å². The van der Waals surface area contributed by atoms with Crippen LogP contribution in [0, 0.1) is 5.82 Å². The van der Waals surface area contributed by atoms with E-state index in [1.165, 1.54) is 18.7 Å². The number of H-pyrrole nitrogens is 2. The van der Waals surface area contributed by atoms with Crippen molar-refractivity contribution >= 4 is 33.4 Å².